The standard InChI is InChI=1S/C13H19BrClN/c1-4-5-9(2)13(3,16)11-7-6-10(14)8-12(11)15/h6-9H,4-5,16H2,1-3H3. The maximum atomic E-state index is 6.42. The van der Waals surface area contributed by atoms with Gasteiger partial charge >= 0.3 is 0 Å². The maximum Gasteiger partial charge on any atom is 0.0467 e. The minimum Gasteiger partial charge on any atom is -0.321 e. The lowest BCUT2D eigenvalue weighted by atomic mass is 9.79. The third kappa shape index (κ3) is 2.99. The van der Waals surface area contributed by atoms with Gasteiger partial charge in [0, 0.05) is 15.0 Å². The Morgan fingerprint density at radius 3 is 2.62 bits per heavy atom. The van der Waals surface area contributed by atoms with Crippen molar-refractivity contribution < 1.29 is 0 Å². The van der Waals surface area contributed by atoms with Crippen LogP contribution in [0.3, 0.4) is 0 Å². The first-order valence-electron chi connectivity index (χ1n) is 5.64. The van der Waals surface area contributed by atoms with Crippen LogP contribution in [0.15, 0.2) is 22.7 Å². The van der Waals surface area contributed by atoms with Crippen LogP contribution in [0.25, 0.3) is 0 Å². The molecule has 0 aliphatic heterocycles. The number of hydrogen-bond donors (Lipinski definition) is 1. The summed E-state index contributed by atoms with van der Waals surface area (Å²) in [6.07, 6.45) is 2.25. The predicted molar refractivity (Wildman–Crippen MR) is 74.8 cm³/mol. The van der Waals surface area contributed by atoms with Crippen molar-refractivity contribution in [3.63, 3.8) is 0 Å². The summed E-state index contributed by atoms with van der Waals surface area (Å²) >= 11 is 9.65. The van der Waals surface area contributed by atoms with E-state index in [9.17, 15) is 0 Å². The Bertz CT molecular complexity index is 363. The molecular formula is C13H19BrClN. The summed E-state index contributed by atoms with van der Waals surface area (Å²) in [6, 6.07) is 5.91. The summed E-state index contributed by atoms with van der Waals surface area (Å²) < 4.78 is 0.986. The van der Waals surface area contributed by atoms with Crippen molar-refractivity contribution >= 4 is 27.5 Å². The van der Waals surface area contributed by atoms with E-state index in [1.54, 1.807) is 0 Å². The van der Waals surface area contributed by atoms with E-state index in [1.165, 1.54) is 0 Å². The van der Waals surface area contributed by atoms with Crippen LogP contribution < -0.4 is 5.73 Å². The normalized spacial score (nSPS) is 16.9. The average molecular weight is 305 g/mol. The molecule has 1 aromatic carbocycles. The molecule has 0 bridgehead atoms. The lowest BCUT2D eigenvalue weighted by Crippen LogP contribution is -2.40. The SMILES string of the molecule is CCCC(C)C(C)(N)c1ccc(Br)cc1Cl. The highest BCUT2D eigenvalue weighted by molar-refractivity contribution is 9.10. The quantitative estimate of drug-likeness (QED) is 0.856. The van der Waals surface area contributed by atoms with Crippen LogP contribution in [0.1, 0.15) is 39.2 Å². The molecule has 1 nitrogen and oxygen atoms in total. The fourth-order valence-corrected chi connectivity index (χ4v) is 2.80. The Hall–Kier alpha value is -0.0500. The lowest BCUT2D eigenvalue weighted by molar-refractivity contribution is 0.304. The van der Waals surface area contributed by atoms with Gasteiger partial charge in [-0.15, -0.1) is 0 Å². The molecule has 2 atom stereocenters. The summed E-state index contributed by atoms with van der Waals surface area (Å²) in [5.74, 6) is 0.413. The third-order valence-electron chi connectivity index (χ3n) is 3.26. The largest absolute Gasteiger partial charge is 0.321 e. The number of halogens is 2. The van der Waals surface area contributed by atoms with Crippen LogP contribution >= 0.6 is 27.5 Å². The van der Waals surface area contributed by atoms with Crippen LogP contribution in [0.2, 0.25) is 5.02 Å². The average Bonchev–Trinajstić information content (AvgIpc) is 2.17. The van der Waals surface area contributed by atoms with Crippen molar-refractivity contribution in [3.8, 4) is 0 Å². The summed E-state index contributed by atoms with van der Waals surface area (Å²) in [4.78, 5) is 0. The van der Waals surface area contributed by atoms with Crippen molar-refractivity contribution in [2.45, 2.75) is 39.2 Å². The van der Waals surface area contributed by atoms with Gasteiger partial charge in [0.1, 0.15) is 0 Å². The molecule has 90 valence electrons. The molecule has 0 heterocycles. The number of hydrogen-bond acceptors (Lipinski definition) is 1. The van der Waals surface area contributed by atoms with Crippen molar-refractivity contribution in [2.75, 3.05) is 0 Å². The van der Waals surface area contributed by atoms with E-state index in [-0.39, 0.29) is 5.54 Å². The summed E-state index contributed by atoms with van der Waals surface area (Å²) in [6.45, 7) is 6.42. The van der Waals surface area contributed by atoms with E-state index in [4.69, 9.17) is 17.3 Å². The molecule has 0 amide bonds. The van der Waals surface area contributed by atoms with E-state index < -0.39 is 0 Å². The predicted octanol–water partition coefficient (Wildman–Crippen LogP) is 4.71. The molecule has 2 N–H and O–H groups in total. The molecule has 3 heteroatoms. The second kappa shape index (κ2) is 5.52. The van der Waals surface area contributed by atoms with Crippen molar-refractivity contribution in [2.24, 2.45) is 11.7 Å². The Kier molecular flexibility index (Phi) is 4.84. The molecule has 0 aromatic heterocycles. The summed E-state index contributed by atoms with van der Waals surface area (Å²) in [5.41, 5.74) is 7.08. The summed E-state index contributed by atoms with van der Waals surface area (Å²) in [7, 11) is 0. The van der Waals surface area contributed by atoms with Gasteiger partial charge in [0.05, 0.1) is 0 Å². The zero-order valence-electron chi connectivity index (χ0n) is 10.1. The first-order valence-corrected chi connectivity index (χ1v) is 6.81. The molecule has 0 radical (unpaired) electrons. The number of benzene rings is 1. The molecule has 0 aliphatic rings. The van der Waals surface area contributed by atoms with Crippen molar-refractivity contribution in [3.05, 3.63) is 33.3 Å². The molecule has 16 heavy (non-hydrogen) atoms. The zero-order valence-corrected chi connectivity index (χ0v) is 12.4. The van der Waals surface area contributed by atoms with Crippen LogP contribution in [0, 0.1) is 5.92 Å². The second-order valence-electron chi connectivity index (χ2n) is 4.60. The molecule has 0 spiro atoms. The molecule has 2 unspecified atom stereocenters. The topological polar surface area (TPSA) is 26.0 Å². The molecule has 1 aromatic rings. The first kappa shape index (κ1) is 14.0. The number of nitrogens with two attached hydrogens (primary N) is 1. The minimum atomic E-state index is -0.367. The summed E-state index contributed by atoms with van der Waals surface area (Å²) in [5, 5.41) is 0.738. The second-order valence-corrected chi connectivity index (χ2v) is 5.92. The van der Waals surface area contributed by atoms with Gasteiger partial charge in [-0.05, 0) is 37.0 Å². The molecule has 0 fully saturated rings. The highest BCUT2D eigenvalue weighted by atomic mass is 79.9. The van der Waals surface area contributed by atoms with E-state index in [0.717, 1.165) is 27.9 Å². The van der Waals surface area contributed by atoms with Crippen LogP contribution in [-0.2, 0) is 5.54 Å². The van der Waals surface area contributed by atoms with Crippen LogP contribution in [-0.4, -0.2) is 0 Å². The Morgan fingerprint density at radius 2 is 2.12 bits per heavy atom. The van der Waals surface area contributed by atoms with Gasteiger partial charge in [0.15, 0.2) is 0 Å². The lowest BCUT2D eigenvalue weighted by Gasteiger charge is -2.33. The Labute approximate surface area is 111 Å². The molecule has 0 saturated heterocycles. The Balaban J connectivity index is 3.06. The van der Waals surface area contributed by atoms with E-state index in [2.05, 4.69) is 36.7 Å². The van der Waals surface area contributed by atoms with Crippen LogP contribution in [0.5, 0.6) is 0 Å². The van der Waals surface area contributed by atoms with Gasteiger partial charge < -0.3 is 5.73 Å². The van der Waals surface area contributed by atoms with Gasteiger partial charge in [-0.25, -0.2) is 0 Å². The fourth-order valence-electron chi connectivity index (χ4n) is 1.92. The highest BCUT2D eigenvalue weighted by Gasteiger charge is 2.29. The molecular weight excluding hydrogens is 286 g/mol. The van der Waals surface area contributed by atoms with E-state index in [0.29, 0.717) is 5.92 Å². The molecule has 1 rings (SSSR count). The third-order valence-corrected chi connectivity index (χ3v) is 4.06. The van der Waals surface area contributed by atoms with E-state index >= 15 is 0 Å². The molecule has 0 aliphatic carbocycles. The maximum absolute atomic E-state index is 6.42. The Morgan fingerprint density at radius 1 is 1.50 bits per heavy atom. The van der Waals surface area contributed by atoms with Crippen LogP contribution in [0.4, 0.5) is 0 Å². The van der Waals surface area contributed by atoms with Gasteiger partial charge in [-0.1, -0.05) is 53.9 Å². The van der Waals surface area contributed by atoms with Crippen molar-refractivity contribution in [1.82, 2.24) is 0 Å². The van der Waals surface area contributed by atoms with Gasteiger partial charge in [0.2, 0.25) is 0 Å². The van der Waals surface area contributed by atoms with Crippen molar-refractivity contribution in [1.29, 1.82) is 0 Å². The van der Waals surface area contributed by atoms with Gasteiger partial charge in [0.25, 0.3) is 0 Å². The first-order chi connectivity index (χ1) is 7.39. The fraction of sp³-hybridized carbons (Fsp3) is 0.538. The molecule has 0 saturated carbocycles. The zero-order chi connectivity index (χ0) is 12.3. The highest BCUT2D eigenvalue weighted by Crippen LogP contribution is 2.35. The van der Waals surface area contributed by atoms with Gasteiger partial charge in [-0.3, -0.25) is 0 Å². The minimum absolute atomic E-state index is 0.367. The number of rotatable bonds is 4. The monoisotopic (exact) mass is 303 g/mol. The van der Waals surface area contributed by atoms with E-state index in [1.807, 2.05) is 18.2 Å². The smallest absolute Gasteiger partial charge is 0.0467 e. The van der Waals surface area contributed by atoms with Gasteiger partial charge in [-0.2, -0.15) is 0 Å².